The fourth-order valence-electron chi connectivity index (χ4n) is 5.07. The molecule has 1 aliphatic heterocycles. The number of nitrogens with zero attached hydrogens (tertiary/aromatic N) is 2. The summed E-state index contributed by atoms with van der Waals surface area (Å²) in [6, 6.07) is 0.369. The zero-order chi connectivity index (χ0) is 15.1. The van der Waals surface area contributed by atoms with E-state index in [9.17, 15) is 4.79 Å². The maximum absolute atomic E-state index is 12.9. The molecule has 1 amide bonds. The van der Waals surface area contributed by atoms with E-state index < -0.39 is 0 Å². The maximum Gasteiger partial charge on any atom is 0.225 e. The molecule has 2 bridgehead atoms. The molecule has 1 saturated heterocycles. The van der Waals surface area contributed by atoms with Crippen LogP contribution in [0.1, 0.15) is 44.9 Å². The lowest BCUT2D eigenvalue weighted by Crippen LogP contribution is -2.53. The predicted molar refractivity (Wildman–Crippen MR) is 87.3 cm³/mol. The summed E-state index contributed by atoms with van der Waals surface area (Å²) in [4.78, 5) is 17.6. The predicted octanol–water partition coefficient (Wildman–Crippen LogP) is 1.69. The average Bonchev–Trinajstić information content (AvgIpc) is 3.31. The van der Waals surface area contributed by atoms with Crippen molar-refractivity contribution in [1.29, 1.82) is 0 Å². The van der Waals surface area contributed by atoms with Gasteiger partial charge in [0.25, 0.3) is 0 Å². The van der Waals surface area contributed by atoms with E-state index in [2.05, 4.69) is 9.80 Å². The first kappa shape index (κ1) is 14.9. The van der Waals surface area contributed by atoms with Crippen LogP contribution in [0.25, 0.3) is 0 Å². The first-order valence-electron chi connectivity index (χ1n) is 9.47. The van der Waals surface area contributed by atoms with Crippen LogP contribution in [0.15, 0.2) is 0 Å². The Morgan fingerprint density at radius 3 is 2.18 bits per heavy atom. The monoisotopic (exact) mass is 305 g/mol. The van der Waals surface area contributed by atoms with E-state index in [0.29, 0.717) is 23.8 Å². The van der Waals surface area contributed by atoms with Crippen LogP contribution in [-0.4, -0.2) is 54.5 Å². The van der Waals surface area contributed by atoms with Crippen LogP contribution >= 0.6 is 0 Å². The Bertz CT molecular complexity index is 401. The Hall–Kier alpha value is -0.610. The van der Waals surface area contributed by atoms with Crippen molar-refractivity contribution in [3.63, 3.8) is 0 Å². The van der Waals surface area contributed by atoms with Crippen LogP contribution in [0, 0.1) is 23.7 Å². The number of piperazine rings is 1. The first-order valence-corrected chi connectivity index (χ1v) is 9.47. The van der Waals surface area contributed by atoms with Crippen LogP contribution in [0.2, 0.25) is 0 Å². The van der Waals surface area contributed by atoms with E-state index in [1.54, 1.807) is 0 Å². The summed E-state index contributed by atoms with van der Waals surface area (Å²) in [5.41, 5.74) is 6.36. The van der Waals surface area contributed by atoms with Gasteiger partial charge in [0.2, 0.25) is 5.91 Å². The molecule has 1 heterocycles. The molecule has 0 aromatic rings. The molecule has 4 heteroatoms. The number of hydrogen-bond donors (Lipinski definition) is 1. The molecule has 22 heavy (non-hydrogen) atoms. The van der Waals surface area contributed by atoms with E-state index >= 15 is 0 Å². The van der Waals surface area contributed by atoms with Crippen molar-refractivity contribution in [3.05, 3.63) is 0 Å². The average molecular weight is 305 g/mol. The minimum absolute atomic E-state index is 0.269. The largest absolute Gasteiger partial charge is 0.340 e. The van der Waals surface area contributed by atoms with E-state index in [1.165, 1.54) is 38.6 Å². The number of rotatable bonds is 3. The highest BCUT2D eigenvalue weighted by Crippen LogP contribution is 2.42. The highest BCUT2D eigenvalue weighted by Gasteiger charge is 2.42. The van der Waals surface area contributed by atoms with Crippen molar-refractivity contribution in [2.75, 3.05) is 32.7 Å². The van der Waals surface area contributed by atoms with Crippen molar-refractivity contribution in [2.24, 2.45) is 29.4 Å². The summed E-state index contributed by atoms with van der Waals surface area (Å²) in [6.07, 6.45) is 8.77. The second kappa shape index (κ2) is 6.12. The van der Waals surface area contributed by atoms with Crippen LogP contribution in [-0.2, 0) is 4.79 Å². The number of carbonyl (C=O) groups excluding carboxylic acids is 1. The van der Waals surface area contributed by atoms with E-state index in [-0.39, 0.29) is 5.92 Å². The number of hydrogen-bond acceptors (Lipinski definition) is 3. The maximum atomic E-state index is 12.9. The SMILES string of the molecule is NC1C2CCCC1CC(C(=O)N1CCN(CC3CC3)CC1)C2. The summed E-state index contributed by atoms with van der Waals surface area (Å²) in [5.74, 6) is 2.89. The van der Waals surface area contributed by atoms with Gasteiger partial charge >= 0.3 is 0 Å². The fourth-order valence-corrected chi connectivity index (χ4v) is 5.07. The smallest absolute Gasteiger partial charge is 0.225 e. The zero-order valence-corrected chi connectivity index (χ0v) is 13.8. The van der Waals surface area contributed by atoms with Gasteiger partial charge < -0.3 is 10.6 Å². The third kappa shape index (κ3) is 3.05. The molecule has 3 aliphatic carbocycles. The molecule has 124 valence electrons. The molecule has 4 rings (SSSR count). The highest BCUT2D eigenvalue weighted by atomic mass is 16.2. The molecule has 0 aromatic heterocycles. The quantitative estimate of drug-likeness (QED) is 0.863. The Kier molecular flexibility index (Phi) is 4.16. The molecule has 0 spiro atoms. The van der Waals surface area contributed by atoms with Gasteiger partial charge in [-0.15, -0.1) is 0 Å². The Balaban J connectivity index is 1.30. The van der Waals surface area contributed by atoms with Gasteiger partial charge in [-0.3, -0.25) is 9.69 Å². The third-order valence-electron chi connectivity index (χ3n) is 6.66. The second-order valence-corrected chi connectivity index (χ2v) is 8.27. The summed E-state index contributed by atoms with van der Waals surface area (Å²) in [5, 5.41) is 0. The van der Waals surface area contributed by atoms with Crippen LogP contribution < -0.4 is 5.73 Å². The number of carbonyl (C=O) groups is 1. The van der Waals surface area contributed by atoms with Crippen LogP contribution in [0.3, 0.4) is 0 Å². The summed E-state index contributed by atoms with van der Waals surface area (Å²) in [7, 11) is 0. The zero-order valence-electron chi connectivity index (χ0n) is 13.8. The van der Waals surface area contributed by atoms with Gasteiger partial charge in [-0.2, -0.15) is 0 Å². The molecule has 4 aliphatic rings. The molecule has 4 fully saturated rings. The lowest BCUT2D eigenvalue weighted by Gasteiger charge is -2.45. The molecule has 3 saturated carbocycles. The van der Waals surface area contributed by atoms with Gasteiger partial charge in [-0.1, -0.05) is 6.42 Å². The number of amides is 1. The van der Waals surface area contributed by atoms with Crippen molar-refractivity contribution in [1.82, 2.24) is 9.80 Å². The van der Waals surface area contributed by atoms with Gasteiger partial charge in [-0.05, 0) is 56.3 Å². The lowest BCUT2D eigenvalue weighted by atomic mass is 9.65. The standard InChI is InChI=1S/C18H31N3O/c19-17-14-2-1-3-15(17)11-16(10-14)18(22)21-8-6-20(7-9-21)12-13-4-5-13/h13-17H,1-12,19H2. The Morgan fingerprint density at radius 2 is 1.59 bits per heavy atom. The molecular formula is C18H31N3O. The second-order valence-electron chi connectivity index (χ2n) is 8.27. The lowest BCUT2D eigenvalue weighted by molar-refractivity contribution is -0.140. The van der Waals surface area contributed by atoms with Gasteiger partial charge in [0.05, 0.1) is 0 Å². The number of nitrogens with two attached hydrogens (primary N) is 1. The molecule has 0 radical (unpaired) electrons. The Labute approximate surface area is 134 Å². The molecule has 4 nitrogen and oxygen atoms in total. The summed E-state index contributed by atoms with van der Waals surface area (Å²) >= 11 is 0. The van der Waals surface area contributed by atoms with Crippen molar-refractivity contribution >= 4 is 5.91 Å². The molecule has 2 unspecified atom stereocenters. The topological polar surface area (TPSA) is 49.6 Å². The third-order valence-corrected chi connectivity index (χ3v) is 6.66. The van der Waals surface area contributed by atoms with Gasteiger partial charge in [0.1, 0.15) is 0 Å². The van der Waals surface area contributed by atoms with E-state index in [4.69, 9.17) is 5.73 Å². The van der Waals surface area contributed by atoms with Crippen LogP contribution in [0.4, 0.5) is 0 Å². The van der Waals surface area contributed by atoms with E-state index in [0.717, 1.165) is 44.9 Å². The number of fused-ring (bicyclic) bond motifs is 2. The van der Waals surface area contributed by atoms with Crippen molar-refractivity contribution < 1.29 is 4.79 Å². The Morgan fingerprint density at radius 1 is 0.955 bits per heavy atom. The molecule has 0 aromatic carbocycles. The van der Waals surface area contributed by atoms with E-state index in [1.807, 2.05) is 0 Å². The van der Waals surface area contributed by atoms with Gasteiger partial charge in [-0.25, -0.2) is 0 Å². The normalized spacial score (nSPS) is 39.8. The molecule has 2 N–H and O–H groups in total. The fraction of sp³-hybridized carbons (Fsp3) is 0.944. The minimum atomic E-state index is 0.269. The molecular weight excluding hydrogens is 274 g/mol. The van der Waals surface area contributed by atoms with Gasteiger partial charge in [0, 0.05) is 44.7 Å². The highest BCUT2D eigenvalue weighted by molar-refractivity contribution is 5.79. The van der Waals surface area contributed by atoms with Crippen LogP contribution in [0.5, 0.6) is 0 Å². The minimum Gasteiger partial charge on any atom is -0.340 e. The first-order chi connectivity index (χ1) is 10.7. The van der Waals surface area contributed by atoms with Crippen molar-refractivity contribution in [3.8, 4) is 0 Å². The van der Waals surface area contributed by atoms with Crippen molar-refractivity contribution in [2.45, 2.75) is 51.0 Å². The molecule has 2 atom stereocenters. The summed E-state index contributed by atoms with van der Waals surface area (Å²) in [6.45, 7) is 5.33. The van der Waals surface area contributed by atoms with Gasteiger partial charge in [0.15, 0.2) is 0 Å². The summed E-state index contributed by atoms with van der Waals surface area (Å²) < 4.78 is 0.